The molecule has 5 heteroatoms. The lowest BCUT2D eigenvalue weighted by molar-refractivity contribution is 0.0778. The van der Waals surface area contributed by atoms with Crippen LogP contribution in [0.2, 0.25) is 0 Å². The third-order valence-corrected chi connectivity index (χ3v) is 2.85. The summed E-state index contributed by atoms with van der Waals surface area (Å²) in [6.45, 7) is 0.747. The Kier molecular flexibility index (Phi) is 2.41. The minimum atomic E-state index is 0.0268. The van der Waals surface area contributed by atoms with Gasteiger partial charge < -0.3 is 4.90 Å². The van der Waals surface area contributed by atoms with Gasteiger partial charge in [-0.3, -0.25) is 4.79 Å². The van der Waals surface area contributed by atoms with E-state index in [0.717, 1.165) is 23.8 Å². The summed E-state index contributed by atoms with van der Waals surface area (Å²) in [4.78, 5) is 21.8. The average Bonchev–Trinajstić information content (AvgIpc) is 2.23. The van der Waals surface area contributed by atoms with Crippen LogP contribution >= 0.6 is 11.8 Å². The van der Waals surface area contributed by atoms with Crippen molar-refractivity contribution < 1.29 is 4.79 Å². The van der Waals surface area contributed by atoms with E-state index in [-0.39, 0.29) is 5.91 Å². The number of fused-ring (bicyclic) bond motifs is 1. The number of aromatic nitrogens is 2. The zero-order chi connectivity index (χ0) is 10.1. The van der Waals surface area contributed by atoms with Gasteiger partial charge in [0, 0.05) is 26.2 Å². The Morgan fingerprint density at radius 3 is 3.07 bits per heavy atom. The van der Waals surface area contributed by atoms with E-state index in [4.69, 9.17) is 0 Å². The summed E-state index contributed by atoms with van der Waals surface area (Å²) in [7, 11) is 1.80. The number of amides is 1. The van der Waals surface area contributed by atoms with Crippen LogP contribution < -0.4 is 0 Å². The second-order valence-electron chi connectivity index (χ2n) is 3.19. The molecule has 2 heterocycles. The number of carbonyl (C=O) groups excluding carboxylic acids is 1. The normalized spacial score (nSPS) is 15.6. The Hall–Kier alpha value is -1.10. The van der Waals surface area contributed by atoms with E-state index in [9.17, 15) is 4.79 Å². The van der Waals surface area contributed by atoms with Gasteiger partial charge in [-0.1, -0.05) is 11.8 Å². The van der Waals surface area contributed by atoms with Gasteiger partial charge in [0.25, 0.3) is 5.91 Å². The summed E-state index contributed by atoms with van der Waals surface area (Å²) in [6.07, 6.45) is 4.39. The van der Waals surface area contributed by atoms with Crippen LogP contribution in [0.4, 0.5) is 0 Å². The number of nitrogens with zero attached hydrogens (tertiary/aromatic N) is 3. The maximum atomic E-state index is 11.7. The van der Waals surface area contributed by atoms with Crippen molar-refractivity contribution in [2.45, 2.75) is 11.6 Å². The van der Waals surface area contributed by atoms with Crippen LogP contribution in [-0.4, -0.2) is 40.6 Å². The molecule has 0 radical (unpaired) electrons. The Bertz CT molecular complexity index is 380. The van der Waals surface area contributed by atoms with Crippen LogP contribution in [0.25, 0.3) is 0 Å². The maximum Gasteiger partial charge on any atom is 0.257 e. The van der Waals surface area contributed by atoms with Crippen molar-refractivity contribution >= 4 is 17.7 Å². The summed E-state index contributed by atoms with van der Waals surface area (Å²) < 4.78 is 0. The van der Waals surface area contributed by atoms with E-state index in [1.807, 2.05) is 6.26 Å². The Morgan fingerprint density at radius 2 is 2.36 bits per heavy atom. The van der Waals surface area contributed by atoms with Gasteiger partial charge in [0.05, 0.1) is 11.3 Å². The lowest BCUT2D eigenvalue weighted by atomic mass is 10.1. The number of carbonyl (C=O) groups is 1. The van der Waals surface area contributed by atoms with Crippen LogP contribution in [0, 0.1) is 0 Å². The number of likely N-dealkylation sites (N-methyl/N-ethyl adjacent to an activating group) is 1. The van der Waals surface area contributed by atoms with Gasteiger partial charge in [0.1, 0.15) is 0 Å². The molecule has 0 aromatic carbocycles. The van der Waals surface area contributed by atoms with Crippen LogP contribution in [0.3, 0.4) is 0 Å². The molecule has 74 valence electrons. The zero-order valence-electron chi connectivity index (χ0n) is 8.15. The number of hydrogen-bond donors (Lipinski definition) is 0. The maximum absolute atomic E-state index is 11.7. The molecule has 0 spiro atoms. The van der Waals surface area contributed by atoms with E-state index in [1.54, 1.807) is 18.1 Å². The molecule has 0 saturated heterocycles. The molecule has 0 N–H and O–H groups in total. The second-order valence-corrected chi connectivity index (χ2v) is 3.97. The molecule has 1 aliphatic rings. The largest absolute Gasteiger partial charge is 0.341 e. The summed E-state index contributed by atoms with van der Waals surface area (Å²) in [6, 6.07) is 0. The van der Waals surface area contributed by atoms with Gasteiger partial charge in [-0.15, -0.1) is 0 Å². The molecule has 14 heavy (non-hydrogen) atoms. The summed E-state index contributed by atoms with van der Waals surface area (Å²) in [5.41, 5.74) is 1.53. The fourth-order valence-corrected chi connectivity index (χ4v) is 1.81. The van der Waals surface area contributed by atoms with Crippen LogP contribution in [0.1, 0.15) is 16.1 Å². The smallest absolute Gasteiger partial charge is 0.257 e. The molecule has 1 amide bonds. The molecule has 4 nitrogen and oxygen atoms in total. The summed E-state index contributed by atoms with van der Waals surface area (Å²) in [5.74, 6) is 0.0268. The Morgan fingerprint density at radius 1 is 1.57 bits per heavy atom. The quantitative estimate of drug-likeness (QED) is 0.507. The van der Waals surface area contributed by atoms with Gasteiger partial charge in [-0.25, -0.2) is 9.97 Å². The van der Waals surface area contributed by atoms with Crippen LogP contribution in [-0.2, 0) is 6.42 Å². The fourth-order valence-electron chi connectivity index (χ4n) is 1.45. The van der Waals surface area contributed by atoms with E-state index >= 15 is 0 Å². The summed E-state index contributed by atoms with van der Waals surface area (Å²) >= 11 is 1.50. The highest BCUT2D eigenvalue weighted by Gasteiger charge is 2.23. The monoisotopic (exact) mass is 209 g/mol. The lowest BCUT2D eigenvalue weighted by Crippen LogP contribution is -2.34. The van der Waals surface area contributed by atoms with E-state index < -0.39 is 0 Å². The first-order chi connectivity index (χ1) is 6.72. The van der Waals surface area contributed by atoms with Gasteiger partial charge in [0.2, 0.25) is 0 Å². The first-order valence-electron chi connectivity index (χ1n) is 4.37. The first kappa shape index (κ1) is 9.45. The van der Waals surface area contributed by atoms with Gasteiger partial charge in [-0.05, 0) is 6.26 Å². The van der Waals surface area contributed by atoms with Crippen molar-refractivity contribution in [3.05, 3.63) is 17.5 Å². The van der Waals surface area contributed by atoms with E-state index in [1.165, 1.54) is 11.8 Å². The molecule has 0 aliphatic carbocycles. The predicted molar refractivity (Wildman–Crippen MR) is 54.5 cm³/mol. The molecule has 0 fully saturated rings. The zero-order valence-corrected chi connectivity index (χ0v) is 8.97. The van der Waals surface area contributed by atoms with Gasteiger partial charge in [0.15, 0.2) is 5.16 Å². The highest BCUT2D eigenvalue weighted by molar-refractivity contribution is 7.98. The fraction of sp³-hybridized carbons (Fsp3) is 0.444. The van der Waals surface area contributed by atoms with Crippen molar-refractivity contribution in [3.63, 3.8) is 0 Å². The lowest BCUT2D eigenvalue weighted by Gasteiger charge is -2.23. The molecule has 0 atom stereocenters. The van der Waals surface area contributed by atoms with Crippen molar-refractivity contribution in [1.29, 1.82) is 0 Å². The van der Waals surface area contributed by atoms with Crippen molar-refractivity contribution in [1.82, 2.24) is 14.9 Å². The van der Waals surface area contributed by atoms with Gasteiger partial charge in [-0.2, -0.15) is 0 Å². The molecular weight excluding hydrogens is 198 g/mol. The number of hydrogen-bond acceptors (Lipinski definition) is 4. The highest BCUT2D eigenvalue weighted by Crippen LogP contribution is 2.17. The molecule has 1 aromatic rings. The third kappa shape index (κ3) is 1.48. The standard InChI is InChI=1S/C9H11N3OS/c1-12-4-3-7-6(8(12)13)5-10-9(11-7)14-2/h5H,3-4H2,1-2H3. The molecule has 1 aliphatic heterocycles. The SMILES string of the molecule is CSc1ncc2c(n1)CCN(C)C2=O. The van der Waals surface area contributed by atoms with E-state index in [0.29, 0.717) is 5.56 Å². The molecule has 1 aromatic heterocycles. The third-order valence-electron chi connectivity index (χ3n) is 2.29. The molecular formula is C9H11N3OS. The molecule has 2 rings (SSSR count). The Labute approximate surface area is 86.7 Å². The van der Waals surface area contributed by atoms with Crippen LogP contribution in [0.5, 0.6) is 0 Å². The Balaban J connectivity index is 2.44. The van der Waals surface area contributed by atoms with E-state index in [2.05, 4.69) is 9.97 Å². The summed E-state index contributed by atoms with van der Waals surface area (Å²) in [5, 5.41) is 0.737. The minimum Gasteiger partial charge on any atom is -0.341 e. The van der Waals surface area contributed by atoms with Crippen molar-refractivity contribution in [2.75, 3.05) is 19.8 Å². The highest BCUT2D eigenvalue weighted by atomic mass is 32.2. The van der Waals surface area contributed by atoms with Gasteiger partial charge >= 0.3 is 0 Å². The number of rotatable bonds is 1. The molecule has 0 unspecified atom stereocenters. The van der Waals surface area contributed by atoms with Crippen LogP contribution in [0.15, 0.2) is 11.4 Å². The first-order valence-corrected chi connectivity index (χ1v) is 5.60. The van der Waals surface area contributed by atoms with Crippen molar-refractivity contribution in [3.8, 4) is 0 Å². The van der Waals surface area contributed by atoms with Crippen molar-refractivity contribution in [2.24, 2.45) is 0 Å². The second kappa shape index (κ2) is 3.57. The minimum absolute atomic E-state index is 0.0268. The molecule has 0 saturated carbocycles. The molecule has 0 bridgehead atoms. The topological polar surface area (TPSA) is 46.1 Å². The predicted octanol–water partition coefficient (Wildman–Crippen LogP) is 0.827. The average molecular weight is 209 g/mol. The number of thioether (sulfide) groups is 1.